The molecule has 0 unspecified atom stereocenters. The van der Waals surface area contributed by atoms with E-state index in [4.69, 9.17) is 5.73 Å². The van der Waals surface area contributed by atoms with Crippen LogP contribution in [-0.4, -0.2) is 43.5 Å². The van der Waals surface area contributed by atoms with E-state index in [-0.39, 0.29) is 5.91 Å². The van der Waals surface area contributed by atoms with Crippen LogP contribution < -0.4 is 11.1 Å². The Balaban J connectivity index is 1.68. The van der Waals surface area contributed by atoms with E-state index in [9.17, 15) is 4.79 Å². The summed E-state index contributed by atoms with van der Waals surface area (Å²) in [5, 5.41) is 2.98. The van der Waals surface area contributed by atoms with Gasteiger partial charge >= 0.3 is 0 Å². The number of nitrogens with two attached hydrogens (primary N) is 1. The number of nitrogens with one attached hydrogen (secondary N) is 1. The first-order valence-corrected chi connectivity index (χ1v) is 7.59. The first-order chi connectivity index (χ1) is 9.79. The van der Waals surface area contributed by atoms with Gasteiger partial charge in [0.15, 0.2) is 0 Å². The van der Waals surface area contributed by atoms with Crippen molar-refractivity contribution in [1.29, 1.82) is 0 Å². The van der Waals surface area contributed by atoms with Crippen molar-refractivity contribution in [1.82, 2.24) is 10.2 Å². The molecule has 1 saturated heterocycles. The number of hydrogen-bond acceptors (Lipinski definition) is 3. The highest BCUT2D eigenvalue weighted by molar-refractivity contribution is 5.94. The smallest absolute Gasteiger partial charge is 0.251 e. The van der Waals surface area contributed by atoms with Crippen LogP contribution in [0.25, 0.3) is 0 Å². The highest BCUT2D eigenvalue weighted by Crippen LogP contribution is 2.07. The maximum Gasteiger partial charge on any atom is 0.251 e. The SMILES string of the molecule is NCCc1ccc(C(=O)NCCCN2CCCC2)cc1. The molecule has 1 aliphatic heterocycles. The molecule has 4 heteroatoms. The molecule has 2 rings (SSSR count). The predicted molar refractivity (Wildman–Crippen MR) is 81.8 cm³/mol. The minimum absolute atomic E-state index is 0.0192. The molecule has 0 aliphatic carbocycles. The standard InChI is InChI=1S/C16H25N3O/c17-9-8-14-4-6-15(7-5-14)16(20)18-10-3-13-19-11-1-2-12-19/h4-7H,1-3,8-13,17H2,(H,18,20). The summed E-state index contributed by atoms with van der Waals surface area (Å²) in [6.45, 7) is 4.92. The zero-order valence-electron chi connectivity index (χ0n) is 12.1. The number of likely N-dealkylation sites (tertiary alicyclic amines) is 1. The Morgan fingerprint density at radius 3 is 2.55 bits per heavy atom. The van der Waals surface area contributed by atoms with Crippen LogP contribution >= 0.6 is 0 Å². The second-order valence-electron chi connectivity index (χ2n) is 5.39. The third-order valence-electron chi connectivity index (χ3n) is 3.78. The second kappa shape index (κ2) is 8.02. The van der Waals surface area contributed by atoms with E-state index < -0.39 is 0 Å². The number of nitrogens with zero attached hydrogens (tertiary/aromatic N) is 1. The molecule has 1 fully saturated rings. The molecule has 1 heterocycles. The molecule has 3 N–H and O–H groups in total. The Hall–Kier alpha value is -1.39. The van der Waals surface area contributed by atoms with Crippen molar-refractivity contribution in [2.24, 2.45) is 5.73 Å². The summed E-state index contributed by atoms with van der Waals surface area (Å²) in [6.07, 6.45) is 4.53. The predicted octanol–water partition coefficient (Wildman–Crippen LogP) is 1.40. The monoisotopic (exact) mass is 275 g/mol. The zero-order valence-corrected chi connectivity index (χ0v) is 12.1. The largest absolute Gasteiger partial charge is 0.352 e. The van der Waals surface area contributed by atoms with Crippen LogP contribution in [0.1, 0.15) is 35.2 Å². The maximum absolute atomic E-state index is 12.0. The summed E-state index contributed by atoms with van der Waals surface area (Å²) in [7, 11) is 0. The minimum atomic E-state index is 0.0192. The van der Waals surface area contributed by atoms with Gasteiger partial charge in [0.2, 0.25) is 0 Å². The summed E-state index contributed by atoms with van der Waals surface area (Å²) >= 11 is 0. The number of benzene rings is 1. The Bertz CT molecular complexity index is 410. The normalized spacial score (nSPS) is 15.4. The quantitative estimate of drug-likeness (QED) is 0.740. The molecule has 0 spiro atoms. The first-order valence-electron chi connectivity index (χ1n) is 7.59. The van der Waals surface area contributed by atoms with Gasteiger partial charge in [-0.3, -0.25) is 4.79 Å². The van der Waals surface area contributed by atoms with Crippen LogP contribution in [-0.2, 0) is 6.42 Å². The van der Waals surface area contributed by atoms with Gasteiger partial charge in [0.1, 0.15) is 0 Å². The summed E-state index contributed by atoms with van der Waals surface area (Å²) in [6, 6.07) is 7.71. The lowest BCUT2D eigenvalue weighted by atomic mass is 10.1. The van der Waals surface area contributed by atoms with Crippen LogP contribution in [0.2, 0.25) is 0 Å². The van der Waals surface area contributed by atoms with Gasteiger partial charge < -0.3 is 16.0 Å². The number of carbonyl (C=O) groups excluding carboxylic acids is 1. The van der Waals surface area contributed by atoms with Crippen LogP contribution in [0, 0.1) is 0 Å². The molecule has 0 saturated carbocycles. The highest BCUT2D eigenvalue weighted by Gasteiger charge is 2.10. The third-order valence-corrected chi connectivity index (χ3v) is 3.78. The van der Waals surface area contributed by atoms with Crippen molar-refractivity contribution in [3.8, 4) is 0 Å². The first kappa shape index (κ1) is 15.0. The summed E-state index contributed by atoms with van der Waals surface area (Å²) in [5.74, 6) is 0.0192. The van der Waals surface area contributed by atoms with Gasteiger partial charge in [-0.25, -0.2) is 0 Å². The van der Waals surface area contributed by atoms with Gasteiger partial charge in [-0.15, -0.1) is 0 Å². The van der Waals surface area contributed by atoms with Gasteiger partial charge in [0.25, 0.3) is 5.91 Å². The molecule has 0 radical (unpaired) electrons. The Labute approximate surface area is 121 Å². The molecule has 0 atom stereocenters. The molecular weight excluding hydrogens is 250 g/mol. The average Bonchev–Trinajstić information content (AvgIpc) is 2.98. The molecule has 0 aromatic heterocycles. The van der Waals surface area contributed by atoms with Crippen molar-refractivity contribution in [2.75, 3.05) is 32.7 Å². The van der Waals surface area contributed by atoms with E-state index in [1.807, 2.05) is 24.3 Å². The molecule has 110 valence electrons. The minimum Gasteiger partial charge on any atom is -0.352 e. The number of amides is 1. The molecular formula is C16H25N3O. The van der Waals surface area contributed by atoms with E-state index in [1.165, 1.54) is 31.5 Å². The molecule has 20 heavy (non-hydrogen) atoms. The zero-order chi connectivity index (χ0) is 14.2. The molecule has 0 bridgehead atoms. The van der Waals surface area contributed by atoms with Crippen molar-refractivity contribution in [2.45, 2.75) is 25.7 Å². The molecule has 1 aromatic rings. The topological polar surface area (TPSA) is 58.4 Å². The van der Waals surface area contributed by atoms with E-state index in [0.717, 1.165) is 31.5 Å². The fraction of sp³-hybridized carbons (Fsp3) is 0.562. The molecule has 4 nitrogen and oxygen atoms in total. The van der Waals surface area contributed by atoms with E-state index >= 15 is 0 Å². The molecule has 1 aliphatic rings. The summed E-state index contributed by atoms with van der Waals surface area (Å²) in [5.41, 5.74) is 7.42. The number of hydrogen-bond donors (Lipinski definition) is 2. The van der Waals surface area contributed by atoms with Crippen LogP contribution in [0.5, 0.6) is 0 Å². The van der Waals surface area contributed by atoms with Crippen LogP contribution in [0.15, 0.2) is 24.3 Å². The van der Waals surface area contributed by atoms with E-state index in [2.05, 4.69) is 10.2 Å². The average molecular weight is 275 g/mol. The van der Waals surface area contributed by atoms with Crippen LogP contribution in [0.4, 0.5) is 0 Å². The highest BCUT2D eigenvalue weighted by atomic mass is 16.1. The van der Waals surface area contributed by atoms with E-state index in [1.54, 1.807) is 0 Å². The Kier molecular flexibility index (Phi) is 6.02. The lowest BCUT2D eigenvalue weighted by molar-refractivity contribution is 0.0952. The molecule has 1 amide bonds. The fourth-order valence-electron chi connectivity index (χ4n) is 2.60. The third kappa shape index (κ3) is 4.62. The lowest BCUT2D eigenvalue weighted by Gasteiger charge is -2.14. The summed E-state index contributed by atoms with van der Waals surface area (Å²) < 4.78 is 0. The Morgan fingerprint density at radius 1 is 1.20 bits per heavy atom. The number of carbonyl (C=O) groups is 1. The lowest BCUT2D eigenvalue weighted by Crippen LogP contribution is -2.28. The van der Waals surface area contributed by atoms with Crippen LogP contribution in [0.3, 0.4) is 0 Å². The summed E-state index contributed by atoms with van der Waals surface area (Å²) in [4.78, 5) is 14.4. The van der Waals surface area contributed by atoms with E-state index in [0.29, 0.717) is 6.54 Å². The van der Waals surface area contributed by atoms with Gasteiger partial charge in [-0.2, -0.15) is 0 Å². The Morgan fingerprint density at radius 2 is 1.90 bits per heavy atom. The second-order valence-corrected chi connectivity index (χ2v) is 5.39. The van der Waals surface area contributed by atoms with Crippen molar-refractivity contribution in [3.63, 3.8) is 0 Å². The van der Waals surface area contributed by atoms with Gasteiger partial charge in [0, 0.05) is 12.1 Å². The van der Waals surface area contributed by atoms with Crippen molar-refractivity contribution >= 4 is 5.91 Å². The van der Waals surface area contributed by atoms with Crippen molar-refractivity contribution < 1.29 is 4.79 Å². The van der Waals surface area contributed by atoms with Crippen molar-refractivity contribution in [3.05, 3.63) is 35.4 Å². The fourth-order valence-corrected chi connectivity index (χ4v) is 2.60. The molecule has 1 aromatic carbocycles. The van der Waals surface area contributed by atoms with Gasteiger partial charge in [-0.05, 0) is 69.6 Å². The van der Waals surface area contributed by atoms with Gasteiger partial charge in [-0.1, -0.05) is 12.1 Å². The number of rotatable bonds is 7. The maximum atomic E-state index is 12.0. The van der Waals surface area contributed by atoms with Gasteiger partial charge in [0.05, 0.1) is 0 Å².